The summed E-state index contributed by atoms with van der Waals surface area (Å²) in [6.45, 7) is 5.15. The number of aromatic amines is 1. The lowest BCUT2D eigenvalue weighted by Gasteiger charge is -2.33. The Morgan fingerprint density at radius 3 is 2.93 bits per heavy atom. The molecule has 0 spiro atoms. The summed E-state index contributed by atoms with van der Waals surface area (Å²) in [5.74, 6) is 2.45. The summed E-state index contributed by atoms with van der Waals surface area (Å²) < 4.78 is 11.0. The molecule has 0 saturated carbocycles. The van der Waals surface area contributed by atoms with E-state index < -0.39 is 0 Å². The van der Waals surface area contributed by atoms with Gasteiger partial charge in [0.15, 0.2) is 11.5 Å². The minimum absolute atomic E-state index is 0.123. The first-order chi connectivity index (χ1) is 14.7. The van der Waals surface area contributed by atoms with Gasteiger partial charge in [0.2, 0.25) is 6.79 Å². The van der Waals surface area contributed by atoms with Crippen LogP contribution in [0.4, 0.5) is 0 Å². The average Bonchev–Trinajstić information content (AvgIpc) is 3.21. The van der Waals surface area contributed by atoms with Crippen LogP contribution >= 0.6 is 0 Å². The molecular weight excluding hydrogens is 380 g/mol. The van der Waals surface area contributed by atoms with Gasteiger partial charge in [0.1, 0.15) is 5.82 Å². The van der Waals surface area contributed by atoms with Gasteiger partial charge in [-0.1, -0.05) is 0 Å². The van der Waals surface area contributed by atoms with Crippen LogP contribution in [-0.2, 0) is 6.54 Å². The molecule has 1 unspecified atom stereocenters. The van der Waals surface area contributed by atoms with E-state index in [2.05, 4.69) is 33.9 Å². The van der Waals surface area contributed by atoms with Crippen molar-refractivity contribution in [2.75, 3.05) is 19.9 Å². The standard InChI is InChI=1S/C23H24N4O3/c1-15-8-20-21(30-14-29-20)9-18(15)13-27-7-3-5-17(12-27)19-10-22(28)26-23(25-19)16-4-2-6-24-11-16/h2,4,6,8-11,17H,3,5,7,12-14H2,1H3,(H,25,26,28). The van der Waals surface area contributed by atoms with Crippen LogP contribution in [0.25, 0.3) is 11.4 Å². The van der Waals surface area contributed by atoms with Gasteiger partial charge < -0.3 is 14.5 Å². The van der Waals surface area contributed by atoms with Gasteiger partial charge in [-0.15, -0.1) is 0 Å². The smallest absolute Gasteiger partial charge is 0.251 e. The molecule has 0 aliphatic carbocycles. The van der Waals surface area contributed by atoms with E-state index in [1.807, 2.05) is 12.1 Å². The number of benzene rings is 1. The molecule has 2 aliphatic rings. The van der Waals surface area contributed by atoms with Crippen LogP contribution in [0.2, 0.25) is 0 Å². The van der Waals surface area contributed by atoms with Crippen LogP contribution in [0.5, 0.6) is 11.5 Å². The number of fused-ring (bicyclic) bond motifs is 1. The molecule has 7 heteroatoms. The number of nitrogens with one attached hydrogen (secondary N) is 1. The van der Waals surface area contributed by atoms with E-state index in [1.54, 1.807) is 18.5 Å². The van der Waals surface area contributed by atoms with Crippen molar-refractivity contribution < 1.29 is 9.47 Å². The minimum atomic E-state index is -0.123. The zero-order valence-electron chi connectivity index (χ0n) is 16.9. The number of rotatable bonds is 4. The van der Waals surface area contributed by atoms with Crippen molar-refractivity contribution in [3.63, 3.8) is 0 Å². The third kappa shape index (κ3) is 3.80. The maximum absolute atomic E-state index is 12.3. The van der Waals surface area contributed by atoms with Gasteiger partial charge >= 0.3 is 0 Å². The van der Waals surface area contributed by atoms with Gasteiger partial charge in [0.05, 0.1) is 5.69 Å². The van der Waals surface area contributed by atoms with Crippen molar-refractivity contribution in [1.82, 2.24) is 19.9 Å². The van der Waals surface area contributed by atoms with Crippen molar-refractivity contribution in [1.29, 1.82) is 0 Å². The molecule has 1 saturated heterocycles. The maximum atomic E-state index is 12.3. The molecule has 0 bridgehead atoms. The Kier molecular flexibility index (Phi) is 4.96. The number of H-pyrrole nitrogens is 1. The fourth-order valence-corrected chi connectivity index (χ4v) is 4.26. The van der Waals surface area contributed by atoms with E-state index in [-0.39, 0.29) is 18.3 Å². The predicted molar refractivity (Wildman–Crippen MR) is 113 cm³/mol. The Bertz CT molecular complexity index is 1110. The lowest BCUT2D eigenvalue weighted by atomic mass is 9.93. The fraction of sp³-hybridized carbons (Fsp3) is 0.348. The van der Waals surface area contributed by atoms with E-state index >= 15 is 0 Å². The molecule has 3 aromatic rings. The van der Waals surface area contributed by atoms with Gasteiger partial charge in [-0.05, 0) is 61.7 Å². The molecule has 4 heterocycles. The summed E-state index contributed by atoms with van der Waals surface area (Å²) >= 11 is 0. The maximum Gasteiger partial charge on any atom is 0.251 e. The number of nitrogens with zero attached hydrogens (tertiary/aromatic N) is 3. The summed E-state index contributed by atoms with van der Waals surface area (Å²) in [4.78, 5) is 26.5. The number of aromatic nitrogens is 3. The summed E-state index contributed by atoms with van der Waals surface area (Å²) in [5, 5.41) is 0. The molecule has 30 heavy (non-hydrogen) atoms. The highest BCUT2D eigenvalue weighted by Gasteiger charge is 2.25. The third-order valence-electron chi connectivity index (χ3n) is 5.85. The summed E-state index contributed by atoms with van der Waals surface area (Å²) in [5.41, 5.74) is 4.00. The van der Waals surface area contributed by atoms with Crippen molar-refractivity contribution in [2.24, 2.45) is 0 Å². The first-order valence-corrected chi connectivity index (χ1v) is 10.3. The van der Waals surface area contributed by atoms with Crippen molar-refractivity contribution in [3.8, 4) is 22.9 Å². The predicted octanol–water partition coefficient (Wildman–Crippen LogP) is 3.25. The SMILES string of the molecule is Cc1cc2c(cc1CN1CCCC(c3cc(=O)[nH]c(-c4cccnc4)n3)C1)OCO2. The highest BCUT2D eigenvalue weighted by atomic mass is 16.7. The number of likely N-dealkylation sites (tertiary alicyclic amines) is 1. The third-order valence-corrected chi connectivity index (χ3v) is 5.85. The quantitative estimate of drug-likeness (QED) is 0.719. The number of hydrogen-bond donors (Lipinski definition) is 1. The van der Waals surface area contributed by atoms with E-state index in [0.717, 1.165) is 55.2 Å². The lowest BCUT2D eigenvalue weighted by molar-refractivity contribution is 0.173. The molecule has 0 radical (unpaired) electrons. The largest absolute Gasteiger partial charge is 0.454 e. The van der Waals surface area contributed by atoms with E-state index in [9.17, 15) is 4.79 Å². The van der Waals surface area contributed by atoms with E-state index in [1.165, 1.54) is 11.1 Å². The Labute approximate surface area is 174 Å². The van der Waals surface area contributed by atoms with E-state index in [0.29, 0.717) is 5.82 Å². The Morgan fingerprint density at radius 2 is 2.10 bits per heavy atom. The molecule has 1 aromatic carbocycles. The first kappa shape index (κ1) is 18.8. The van der Waals surface area contributed by atoms with Gasteiger partial charge in [-0.25, -0.2) is 4.98 Å². The molecule has 1 fully saturated rings. The van der Waals surface area contributed by atoms with Crippen LogP contribution in [0.1, 0.15) is 35.6 Å². The fourth-order valence-electron chi connectivity index (χ4n) is 4.26. The molecular formula is C23H24N4O3. The Balaban J connectivity index is 1.36. The molecule has 154 valence electrons. The molecule has 1 atom stereocenters. The van der Waals surface area contributed by atoms with Gasteiger partial charge in [0.25, 0.3) is 5.56 Å². The zero-order chi connectivity index (χ0) is 20.5. The molecule has 2 aliphatic heterocycles. The molecule has 2 aromatic heterocycles. The number of aryl methyl sites for hydroxylation is 1. The van der Waals surface area contributed by atoms with Crippen LogP contribution in [-0.4, -0.2) is 39.7 Å². The molecule has 1 N–H and O–H groups in total. The number of hydrogen-bond acceptors (Lipinski definition) is 6. The second kappa shape index (κ2) is 7.91. The lowest BCUT2D eigenvalue weighted by Crippen LogP contribution is -2.34. The second-order valence-electron chi connectivity index (χ2n) is 7.97. The van der Waals surface area contributed by atoms with Crippen LogP contribution < -0.4 is 15.0 Å². The van der Waals surface area contributed by atoms with E-state index in [4.69, 9.17) is 14.5 Å². The van der Waals surface area contributed by atoms with Crippen molar-refractivity contribution in [3.05, 3.63) is 69.9 Å². The molecule has 7 nitrogen and oxygen atoms in total. The van der Waals surface area contributed by atoms with Crippen LogP contribution in [0.15, 0.2) is 47.5 Å². The first-order valence-electron chi connectivity index (χ1n) is 10.3. The Hall–Kier alpha value is -3.19. The number of piperidine rings is 1. The highest BCUT2D eigenvalue weighted by Crippen LogP contribution is 2.35. The highest BCUT2D eigenvalue weighted by molar-refractivity contribution is 5.53. The topological polar surface area (TPSA) is 80.3 Å². The van der Waals surface area contributed by atoms with Crippen LogP contribution in [0.3, 0.4) is 0 Å². The van der Waals surface area contributed by atoms with Gasteiger partial charge in [0, 0.05) is 43.0 Å². The van der Waals surface area contributed by atoms with Crippen LogP contribution in [0, 0.1) is 6.92 Å². The monoisotopic (exact) mass is 404 g/mol. The Morgan fingerprint density at radius 1 is 1.23 bits per heavy atom. The van der Waals surface area contributed by atoms with Crippen molar-refractivity contribution >= 4 is 0 Å². The van der Waals surface area contributed by atoms with Gasteiger partial charge in [-0.2, -0.15) is 0 Å². The van der Waals surface area contributed by atoms with Gasteiger partial charge in [-0.3, -0.25) is 14.7 Å². The average molecular weight is 404 g/mol. The zero-order valence-corrected chi connectivity index (χ0v) is 16.9. The summed E-state index contributed by atoms with van der Waals surface area (Å²) in [6.07, 6.45) is 5.53. The summed E-state index contributed by atoms with van der Waals surface area (Å²) in [6, 6.07) is 9.54. The summed E-state index contributed by atoms with van der Waals surface area (Å²) in [7, 11) is 0. The minimum Gasteiger partial charge on any atom is -0.454 e. The number of pyridine rings is 1. The molecule has 0 amide bonds. The number of ether oxygens (including phenoxy) is 2. The molecule has 5 rings (SSSR count). The normalized spacial score (nSPS) is 18.5. The van der Waals surface area contributed by atoms with Crippen molar-refractivity contribution in [2.45, 2.75) is 32.2 Å². The second-order valence-corrected chi connectivity index (χ2v) is 7.97.